The van der Waals surface area contributed by atoms with Crippen molar-refractivity contribution >= 4 is 22.4 Å². The van der Waals surface area contributed by atoms with Crippen LogP contribution in [0.1, 0.15) is 19.4 Å². The molecule has 0 aliphatic heterocycles. The van der Waals surface area contributed by atoms with Gasteiger partial charge in [-0.1, -0.05) is 42.1 Å². The van der Waals surface area contributed by atoms with E-state index in [1.54, 1.807) is 6.92 Å². The highest BCUT2D eigenvalue weighted by Crippen LogP contribution is 2.17. The highest BCUT2D eigenvalue weighted by Gasteiger charge is 1.93. The molecule has 0 aliphatic carbocycles. The molecule has 0 bridgehead atoms. The maximum absolute atomic E-state index is 7.27. The molecular weight excluding hydrogens is 178 g/mol. The molecule has 0 fully saturated rings. The summed E-state index contributed by atoms with van der Waals surface area (Å²) in [6, 6.07) is 10.2. The van der Waals surface area contributed by atoms with Gasteiger partial charge in [0.05, 0.1) is 5.04 Å². The molecule has 0 amide bonds. The van der Waals surface area contributed by atoms with Crippen molar-refractivity contribution in [3.63, 3.8) is 0 Å². The van der Waals surface area contributed by atoms with Gasteiger partial charge in [0, 0.05) is 0 Å². The summed E-state index contributed by atoms with van der Waals surface area (Å²) in [4.78, 5) is 0. The van der Waals surface area contributed by atoms with Gasteiger partial charge < -0.3 is 0 Å². The fraction of sp³-hybridized carbons (Fsp3) is 0.182. The average molecular weight is 191 g/mol. The number of allylic oxidation sites excluding steroid dienone is 1. The minimum atomic E-state index is 0.621. The Hall–Kier alpha value is -1.02. The van der Waals surface area contributed by atoms with Crippen LogP contribution in [0.15, 0.2) is 35.7 Å². The lowest BCUT2D eigenvalue weighted by molar-refractivity contribution is 1.53. The number of benzene rings is 1. The van der Waals surface area contributed by atoms with Crippen LogP contribution in [0, 0.1) is 5.41 Å². The Morgan fingerprint density at radius 2 is 1.85 bits per heavy atom. The molecule has 68 valence electrons. The highest BCUT2D eigenvalue weighted by molar-refractivity contribution is 8.16. The van der Waals surface area contributed by atoms with Crippen LogP contribution in [-0.4, -0.2) is 5.04 Å². The van der Waals surface area contributed by atoms with Crippen LogP contribution >= 0.6 is 11.8 Å². The van der Waals surface area contributed by atoms with E-state index in [4.69, 9.17) is 5.41 Å². The number of hydrogen-bond acceptors (Lipinski definition) is 2. The van der Waals surface area contributed by atoms with E-state index in [9.17, 15) is 0 Å². The van der Waals surface area contributed by atoms with E-state index in [-0.39, 0.29) is 0 Å². The topological polar surface area (TPSA) is 23.9 Å². The molecule has 1 aromatic carbocycles. The van der Waals surface area contributed by atoms with Crippen molar-refractivity contribution in [3.8, 4) is 0 Å². The van der Waals surface area contributed by atoms with E-state index in [0.29, 0.717) is 5.04 Å². The van der Waals surface area contributed by atoms with E-state index < -0.39 is 0 Å². The van der Waals surface area contributed by atoms with E-state index in [2.05, 4.69) is 19.1 Å². The van der Waals surface area contributed by atoms with E-state index >= 15 is 0 Å². The molecule has 1 rings (SSSR count). The lowest BCUT2D eigenvalue weighted by Gasteiger charge is -1.99. The molecule has 0 spiro atoms. The first-order valence-corrected chi connectivity index (χ1v) is 5.02. The van der Waals surface area contributed by atoms with Crippen LogP contribution in [0.4, 0.5) is 0 Å². The standard InChI is InChI=1S/C11H13NS/c1-9(8-13-10(2)12)11-6-4-3-5-7-11/h3-8,12H,1-2H3/b9-8+,12-10?. The SMILES string of the molecule is CC(=N)S/C=C(\C)c1ccccc1. The van der Waals surface area contributed by atoms with Gasteiger partial charge in [0.25, 0.3) is 0 Å². The first-order valence-electron chi connectivity index (χ1n) is 4.14. The molecule has 13 heavy (non-hydrogen) atoms. The molecule has 1 nitrogen and oxygen atoms in total. The van der Waals surface area contributed by atoms with Crippen molar-refractivity contribution in [3.05, 3.63) is 41.3 Å². The Kier molecular flexibility index (Phi) is 3.77. The zero-order valence-electron chi connectivity index (χ0n) is 7.87. The van der Waals surface area contributed by atoms with Gasteiger partial charge >= 0.3 is 0 Å². The van der Waals surface area contributed by atoms with Crippen LogP contribution < -0.4 is 0 Å². The summed E-state index contributed by atoms with van der Waals surface area (Å²) in [5, 5.41) is 9.90. The van der Waals surface area contributed by atoms with E-state index in [1.165, 1.54) is 22.9 Å². The summed E-state index contributed by atoms with van der Waals surface area (Å²) in [6.45, 7) is 3.85. The van der Waals surface area contributed by atoms with Crippen molar-refractivity contribution in [2.75, 3.05) is 0 Å². The van der Waals surface area contributed by atoms with Gasteiger partial charge in [-0.05, 0) is 30.4 Å². The second-order valence-electron chi connectivity index (χ2n) is 2.84. The Morgan fingerprint density at radius 3 is 2.38 bits per heavy atom. The predicted molar refractivity (Wildman–Crippen MR) is 61.1 cm³/mol. The number of thioether (sulfide) groups is 1. The van der Waals surface area contributed by atoms with E-state index in [0.717, 1.165) is 0 Å². The quantitative estimate of drug-likeness (QED) is 0.558. The van der Waals surface area contributed by atoms with Crippen LogP contribution in [-0.2, 0) is 0 Å². The largest absolute Gasteiger partial charge is 0.298 e. The Labute approximate surface area is 83.4 Å². The summed E-state index contributed by atoms with van der Waals surface area (Å²) in [5.74, 6) is 0. The van der Waals surface area contributed by atoms with Crippen LogP contribution in [0.5, 0.6) is 0 Å². The first kappa shape index (κ1) is 10.1. The zero-order chi connectivity index (χ0) is 9.68. The number of hydrogen-bond donors (Lipinski definition) is 1. The van der Waals surface area contributed by atoms with Crippen LogP contribution in [0.3, 0.4) is 0 Å². The zero-order valence-corrected chi connectivity index (χ0v) is 8.69. The Morgan fingerprint density at radius 1 is 1.23 bits per heavy atom. The summed E-state index contributed by atoms with van der Waals surface area (Å²) in [5.41, 5.74) is 2.42. The molecule has 1 aromatic rings. The lowest BCUT2D eigenvalue weighted by Crippen LogP contribution is -1.78. The van der Waals surface area contributed by atoms with E-state index in [1.807, 2.05) is 23.6 Å². The van der Waals surface area contributed by atoms with Gasteiger partial charge in [-0.3, -0.25) is 5.41 Å². The van der Waals surface area contributed by atoms with Crippen molar-refractivity contribution in [2.24, 2.45) is 0 Å². The van der Waals surface area contributed by atoms with Crippen molar-refractivity contribution in [1.82, 2.24) is 0 Å². The summed E-state index contributed by atoms with van der Waals surface area (Å²) in [7, 11) is 0. The summed E-state index contributed by atoms with van der Waals surface area (Å²) < 4.78 is 0. The molecule has 0 aliphatic rings. The van der Waals surface area contributed by atoms with Gasteiger partial charge in [0.15, 0.2) is 0 Å². The molecular formula is C11H13NS. The van der Waals surface area contributed by atoms with Gasteiger partial charge in [-0.25, -0.2) is 0 Å². The van der Waals surface area contributed by atoms with Gasteiger partial charge in [0.1, 0.15) is 0 Å². The maximum atomic E-state index is 7.27. The summed E-state index contributed by atoms with van der Waals surface area (Å²) in [6.07, 6.45) is 0. The third-order valence-electron chi connectivity index (χ3n) is 1.64. The fourth-order valence-corrected chi connectivity index (χ4v) is 1.44. The maximum Gasteiger partial charge on any atom is 0.0652 e. The van der Waals surface area contributed by atoms with Crippen molar-refractivity contribution in [2.45, 2.75) is 13.8 Å². The Bertz CT molecular complexity index is 314. The van der Waals surface area contributed by atoms with Crippen LogP contribution in [0.2, 0.25) is 0 Å². The minimum absolute atomic E-state index is 0.621. The molecule has 0 saturated carbocycles. The van der Waals surface area contributed by atoms with Gasteiger partial charge in [-0.2, -0.15) is 0 Å². The van der Waals surface area contributed by atoms with Crippen molar-refractivity contribution < 1.29 is 0 Å². The molecule has 0 aromatic heterocycles. The second kappa shape index (κ2) is 4.87. The normalized spacial score (nSPS) is 11.4. The highest BCUT2D eigenvalue weighted by atomic mass is 32.2. The monoisotopic (exact) mass is 191 g/mol. The van der Waals surface area contributed by atoms with Gasteiger partial charge in [0.2, 0.25) is 0 Å². The summed E-state index contributed by atoms with van der Waals surface area (Å²) >= 11 is 1.46. The average Bonchev–Trinajstić information content (AvgIpc) is 2.15. The molecule has 0 unspecified atom stereocenters. The lowest BCUT2D eigenvalue weighted by atomic mass is 10.1. The predicted octanol–water partition coefficient (Wildman–Crippen LogP) is 3.78. The number of nitrogens with one attached hydrogen (secondary N) is 1. The smallest absolute Gasteiger partial charge is 0.0652 e. The number of rotatable bonds is 2. The Balaban J connectivity index is 2.73. The van der Waals surface area contributed by atoms with Gasteiger partial charge in [-0.15, -0.1) is 0 Å². The molecule has 2 heteroatoms. The molecule has 1 N–H and O–H groups in total. The third-order valence-corrected chi connectivity index (χ3v) is 2.47. The molecule has 0 radical (unpaired) electrons. The molecule has 0 heterocycles. The first-order chi connectivity index (χ1) is 6.20. The minimum Gasteiger partial charge on any atom is -0.298 e. The van der Waals surface area contributed by atoms with Crippen molar-refractivity contribution in [1.29, 1.82) is 5.41 Å². The second-order valence-corrected chi connectivity index (χ2v) is 3.92. The third kappa shape index (κ3) is 3.47. The molecule has 0 saturated heterocycles. The van der Waals surface area contributed by atoms with Crippen LogP contribution in [0.25, 0.3) is 5.57 Å². The molecule has 0 atom stereocenters. The fourth-order valence-electron chi connectivity index (χ4n) is 0.946.